The van der Waals surface area contributed by atoms with Crippen LogP contribution in [0.2, 0.25) is 5.02 Å². The molecule has 0 radical (unpaired) electrons. The Morgan fingerprint density at radius 1 is 1.24 bits per heavy atom. The van der Waals surface area contributed by atoms with Crippen molar-refractivity contribution in [2.75, 3.05) is 12.0 Å². The van der Waals surface area contributed by atoms with Crippen LogP contribution in [-0.2, 0) is 11.0 Å². The Labute approximate surface area is 198 Å². The Morgan fingerprint density at radius 2 is 1.97 bits per heavy atom. The zero-order chi connectivity index (χ0) is 24.8. The molecule has 10 heteroatoms. The first kappa shape index (κ1) is 23.5. The van der Waals surface area contributed by atoms with Crippen LogP contribution in [0.15, 0.2) is 59.1 Å². The van der Waals surface area contributed by atoms with Crippen molar-refractivity contribution in [3.8, 4) is 17.6 Å². The summed E-state index contributed by atoms with van der Waals surface area (Å²) >= 11 is 5.85. The highest BCUT2D eigenvalue weighted by atomic mass is 35.5. The van der Waals surface area contributed by atoms with Gasteiger partial charge in [0.1, 0.15) is 5.82 Å². The van der Waals surface area contributed by atoms with E-state index in [9.17, 15) is 28.3 Å². The van der Waals surface area contributed by atoms with Crippen LogP contribution in [0.1, 0.15) is 36.3 Å². The van der Waals surface area contributed by atoms with Gasteiger partial charge in [0.05, 0.1) is 35.9 Å². The maximum absolute atomic E-state index is 13.9. The zero-order valence-corrected chi connectivity index (χ0v) is 18.7. The first-order valence-corrected chi connectivity index (χ1v) is 10.7. The van der Waals surface area contributed by atoms with Crippen molar-refractivity contribution >= 4 is 23.1 Å². The third kappa shape index (κ3) is 3.84. The molecule has 0 fully saturated rings. The molecule has 1 atom stereocenters. The number of benzene rings is 2. The van der Waals surface area contributed by atoms with E-state index < -0.39 is 17.7 Å². The van der Waals surface area contributed by atoms with Crippen molar-refractivity contribution < 1.29 is 27.8 Å². The molecule has 4 rings (SSSR count). The summed E-state index contributed by atoms with van der Waals surface area (Å²) in [5.74, 6) is -1.43. The van der Waals surface area contributed by atoms with Crippen molar-refractivity contribution in [2.45, 2.75) is 31.4 Å². The molecule has 6 nitrogen and oxygen atoms in total. The summed E-state index contributed by atoms with van der Waals surface area (Å²) in [7, 11) is 1.35. The molecule has 1 aliphatic carbocycles. The molecule has 2 aromatic rings. The third-order valence-corrected chi connectivity index (χ3v) is 6.19. The second-order valence-electron chi connectivity index (χ2n) is 7.91. The van der Waals surface area contributed by atoms with Gasteiger partial charge in [0.2, 0.25) is 0 Å². The molecule has 0 amide bonds. The number of phenols is 1. The van der Waals surface area contributed by atoms with Crippen LogP contribution in [0.25, 0.3) is 0 Å². The van der Waals surface area contributed by atoms with E-state index in [0.717, 1.165) is 11.0 Å². The Morgan fingerprint density at radius 3 is 2.62 bits per heavy atom. The number of rotatable bonds is 3. The predicted molar refractivity (Wildman–Crippen MR) is 119 cm³/mol. The van der Waals surface area contributed by atoms with Gasteiger partial charge in [-0.3, -0.25) is 9.69 Å². The van der Waals surface area contributed by atoms with Crippen LogP contribution in [0, 0.1) is 11.3 Å². The summed E-state index contributed by atoms with van der Waals surface area (Å²) in [6, 6.07) is 9.63. The van der Waals surface area contributed by atoms with Crippen LogP contribution in [-0.4, -0.2) is 18.0 Å². The number of ketones is 1. The summed E-state index contributed by atoms with van der Waals surface area (Å²) in [5, 5.41) is 19.9. The maximum atomic E-state index is 13.9. The minimum absolute atomic E-state index is 0.0789. The Hall–Kier alpha value is -3.64. The lowest BCUT2D eigenvalue weighted by Crippen LogP contribution is -2.39. The highest BCUT2D eigenvalue weighted by Gasteiger charge is 2.43. The number of halogens is 4. The molecule has 1 aliphatic heterocycles. The SMILES string of the molecule is COc1cc(C2C(C#N)=C(N)N(c3ccc(Cl)cc3C(F)(F)F)C3=C2C(=O)CCC3)ccc1O. The molecular formula is C24H19ClF3N3O3. The summed E-state index contributed by atoms with van der Waals surface area (Å²) in [4.78, 5) is 14.3. The third-order valence-electron chi connectivity index (χ3n) is 5.96. The number of carbonyl (C=O) groups excluding carboxylic acids is 1. The number of phenolic OH excluding ortho intramolecular Hbond substituents is 1. The van der Waals surface area contributed by atoms with Crippen LogP contribution >= 0.6 is 11.6 Å². The van der Waals surface area contributed by atoms with Crippen molar-refractivity contribution in [3.05, 3.63) is 75.2 Å². The molecular weight excluding hydrogens is 471 g/mol. The second kappa shape index (κ2) is 8.61. The average Bonchev–Trinajstić information content (AvgIpc) is 2.79. The Bertz CT molecular complexity index is 1290. The molecule has 2 aromatic carbocycles. The van der Waals surface area contributed by atoms with Gasteiger partial charge in [0, 0.05) is 22.7 Å². The molecule has 0 spiro atoms. The Kier molecular flexibility index (Phi) is 5.96. The molecule has 2 aliphatic rings. The fourth-order valence-electron chi connectivity index (χ4n) is 4.50. The van der Waals surface area contributed by atoms with E-state index in [0.29, 0.717) is 17.7 Å². The number of hydrogen-bond acceptors (Lipinski definition) is 6. The first-order chi connectivity index (χ1) is 16.1. The highest BCUT2D eigenvalue weighted by Crippen LogP contribution is 2.49. The van der Waals surface area contributed by atoms with Gasteiger partial charge in [-0.2, -0.15) is 18.4 Å². The lowest BCUT2D eigenvalue weighted by Gasteiger charge is -2.40. The quantitative estimate of drug-likeness (QED) is 0.600. The van der Waals surface area contributed by atoms with E-state index in [1.54, 1.807) is 0 Å². The van der Waals surface area contributed by atoms with Gasteiger partial charge in [-0.25, -0.2) is 0 Å². The minimum atomic E-state index is -4.76. The maximum Gasteiger partial charge on any atom is 0.418 e. The van der Waals surface area contributed by atoms with Crippen molar-refractivity contribution in [1.29, 1.82) is 5.26 Å². The Balaban J connectivity index is 2.01. The van der Waals surface area contributed by atoms with E-state index in [1.807, 2.05) is 6.07 Å². The number of aromatic hydroxyl groups is 1. The number of anilines is 1. The molecule has 176 valence electrons. The van der Waals surface area contributed by atoms with Gasteiger partial charge in [0.15, 0.2) is 17.3 Å². The molecule has 0 bridgehead atoms. The van der Waals surface area contributed by atoms with E-state index in [1.165, 1.54) is 37.4 Å². The number of methoxy groups -OCH3 is 1. The normalized spacial score (nSPS) is 18.6. The van der Waals surface area contributed by atoms with E-state index >= 15 is 0 Å². The van der Waals surface area contributed by atoms with Crippen molar-refractivity contribution in [3.63, 3.8) is 0 Å². The fraction of sp³-hybridized carbons (Fsp3) is 0.250. The topological polar surface area (TPSA) is 99.6 Å². The second-order valence-corrected chi connectivity index (χ2v) is 8.34. The monoisotopic (exact) mass is 489 g/mol. The summed E-state index contributed by atoms with van der Waals surface area (Å²) in [6.07, 6.45) is -3.87. The number of nitrogens with zero attached hydrogens (tertiary/aromatic N) is 2. The highest BCUT2D eigenvalue weighted by molar-refractivity contribution is 6.30. The van der Waals surface area contributed by atoms with Crippen molar-refractivity contribution in [2.24, 2.45) is 5.73 Å². The molecule has 1 heterocycles. The average molecular weight is 490 g/mol. The van der Waals surface area contributed by atoms with E-state index in [-0.39, 0.29) is 57.8 Å². The van der Waals surface area contributed by atoms with Crippen LogP contribution < -0.4 is 15.4 Å². The number of carbonyl (C=O) groups is 1. The first-order valence-electron chi connectivity index (χ1n) is 10.3. The molecule has 0 aromatic heterocycles. The molecule has 0 saturated heterocycles. The van der Waals surface area contributed by atoms with E-state index in [2.05, 4.69) is 0 Å². The largest absolute Gasteiger partial charge is 0.504 e. The van der Waals surface area contributed by atoms with Crippen LogP contribution in [0.4, 0.5) is 18.9 Å². The minimum Gasteiger partial charge on any atom is -0.504 e. The van der Waals surface area contributed by atoms with Crippen LogP contribution in [0.3, 0.4) is 0 Å². The van der Waals surface area contributed by atoms with Crippen molar-refractivity contribution in [1.82, 2.24) is 0 Å². The molecule has 1 unspecified atom stereocenters. The lowest BCUT2D eigenvalue weighted by atomic mass is 9.75. The number of ether oxygens (including phenoxy) is 1. The van der Waals surface area contributed by atoms with Gasteiger partial charge in [-0.1, -0.05) is 17.7 Å². The summed E-state index contributed by atoms with van der Waals surface area (Å²) < 4.78 is 46.9. The van der Waals surface area contributed by atoms with E-state index in [4.69, 9.17) is 22.1 Å². The number of allylic oxidation sites excluding steroid dienone is 3. The fourth-order valence-corrected chi connectivity index (χ4v) is 4.67. The predicted octanol–water partition coefficient (Wildman–Crippen LogP) is 5.38. The van der Waals surface area contributed by atoms with Gasteiger partial charge in [-0.05, 0) is 48.7 Å². The standard InChI is InChI=1S/C24H19ClF3N3O3/c1-34-20-9-12(5-8-18(20)32)21-14(11-29)23(30)31(17-3-2-4-19(33)22(17)21)16-7-6-13(25)10-15(16)24(26,27)28/h5-10,21,32H,2-4,30H2,1H3. The molecule has 3 N–H and O–H groups in total. The van der Waals surface area contributed by atoms with Gasteiger partial charge in [0.25, 0.3) is 0 Å². The number of nitrogens with two attached hydrogens (primary N) is 1. The number of alkyl halides is 3. The number of nitriles is 1. The smallest absolute Gasteiger partial charge is 0.418 e. The van der Waals surface area contributed by atoms with Gasteiger partial charge in [-0.15, -0.1) is 0 Å². The lowest BCUT2D eigenvalue weighted by molar-refractivity contribution is -0.137. The molecule has 0 saturated carbocycles. The number of hydrogen-bond donors (Lipinski definition) is 2. The van der Waals surface area contributed by atoms with Crippen LogP contribution in [0.5, 0.6) is 11.5 Å². The van der Waals surface area contributed by atoms with Gasteiger partial charge < -0.3 is 15.6 Å². The van der Waals surface area contributed by atoms with Gasteiger partial charge >= 0.3 is 6.18 Å². The summed E-state index contributed by atoms with van der Waals surface area (Å²) in [6.45, 7) is 0. The summed E-state index contributed by atoms with van der Waals surface area (Å²) in [5.41, 5.74) is 5.88. The zero-order valence-electron chi connectivity index (χ0n) is 17.9. The number of Topliss-reactive ketones (excluding diaryl/α,β-unsaturated/α-hetero) is 1. The molecule has 34 heavy (non-hydrogen) atoms.